The fraction of sp³-hybridized carbons (Fsp3) is 0.258. The SMILES string of the molecule is CC(C)(C)c1ccc(OCCCn2cc(C=C3C(=O)NC(=O)N(Cc4ccco4)C3=O)c3ccccc32)cc1. The first-order valence-electron chi connectivity index (χ1n) is 12.9. The number of para-hydroxylation sites is 1. The molecule has 3 heterocycles. The maximum atomic E-state index is 13.2. The second-order valence-electron chi connectivity index (χ2n) is 10.6. The summed E-state index contributed by atoms with van der Waals surface area (Å²) in [7, 11) is 0. The van der Waals surface area contributed by atoms with Crippen LogP contribution in [-0.4, -0.2) is 33.9 Å². The van der Waals surface area contributed by atoms with Gasteiger partial charge in [-0.25, -0.2) is 4.79 Å². The highest BCUT2D eigenvalue weighted by atomic mass is 16.5. The molecule has 8 heteroatoms. The van der Waals surface area contributed by atoms with Crippen molar-refractivity contribution in [1.82, 2.24) is 14.8 Å². The molecule has 0 bridgehead atoms. The van der Waals surface area contributed by atoms with Crippen molar-refractivity contribution in [2.24, 2.45) is 0 Å². The smallest absolute Gasteiger partial charge is 0.331 e. The van der Waals surface area contributed by atoms with E-state index in [1.807, 2.05) is 42.6 Å². The molecule has 4 aromatic rings. The van der Waals surface area contributed by atoms with Gasteiger partial charge < -0.3 is 13.7 Å². The normalized spacial score (nSPS) is 15.3. The summed E-state index contributed by atoms with van der Waals surface area (Å²) in [4.78, 5) is 39.1. The van der Waals surface area contributed by atoms with Crippen LogP contribution in [0.4, 0.5) is 4.79 Å². The Bertz CT molecular complexity index is 1540. The van der Waals surface area contributed by atoms with Gasteiger partial charge in [0.15, 0.2) is 0 Å². The largest absolute Gasteiger partial charge is 0.494 e. The number of hydrogen-bond acceptors (Lipinski definition) is 5. The molecule has 0 radical (unpaired) electrons. The minimum atomic E-state index is -0.769. The Labute approximate surface area is 226 Å². The molecule has 1 aliphatic rings. The van der Waals surface area contributed by atoms with Gasteiger partial charge >= 0.3 is 6.03 Å². The summed E-state index contributed by atoms with van der Waals surface area (Å²) in [6, 6.07) is 18.6. The minimum Gasteiger partial charge on any atom is -0.494 e. The van der Waals surface area contributed by atoms with Gasteiger partial charge in [0.25, 0.3) is 11.8 Å². The highest BCUT2D eigenvalue weighted by Gasteiger charge is 2.36. The number of hydrogen-bond donors (Lipinski definition) is 1. The van der Waals surface area contributed by atoms with E-state index in [0.717, 1.165) is 33.5 Å². The zero-order valence-electron chi connectivity index (χ0n) is 22.3. The van der Waals surface area contributed by atoms with Crippen molar-refractivity contribution in [3.63, 3.8) is 0 Å². The maximum Gasteiger partial charge on any atom is 0.331 e. The molecule has 8 nitrogen and oxygen atoms in total. The van der Waals surface area contributed by atoms with Gasteiger partial charge in [0.05, 0.1) is 19.4 Å². The van der Waals surface area contributed by atoms with Crippen molar-refractivity contribution in [3.05, 3.63) is 95.6 Å². The molecule has 0 unspecified atom stereocenters. The topological polar surface area (TPSA) is 93.8 Å². The minimum absolute atomic E-state index is 0.0665. The number of rotatable bonds is 8. The van der Waals surface area contributed by atoms with E-state index in [1.165, 1.54) is 11.8 Å². The molecule has 2 aromatic heterocycles. The average Bonchev–Trinajstić information content (AvgIpc) is 3.55. The van der Waals surface area contributed by atoms with Crippen LogP contribution in [0, 0.1) is 0 Å². The number of carbonyl (C=O) groups is 3. The van der Waals surface area contributed by atoms with Gasteiger partial charge in [-0.3, -0.25) is 19.8 Å². The first-order valence-corrected chi connectivity index (χ1v) is 12.9. The van der Waals surface area contributed by atoms with Crippen LogP contribution in [0.1, 0.15) is 44.1 Å². The number of nitrogens with zero attached hydrogens (tertiary/aromatic N) is 2. The summed E-state index contributed by atoms with van der Waals surface area (Å²) in [5.74, 6) is -0.108. The maximum absolute atomic E-state index is 13.2. The third kappa shape index (κ3) is 5.65. The van der Waals surface area contributed by atoms with Crippen molar-refractivity contribution in [3.8, 4) is 5.75 Å². The van der Waals surface area contributed by atoms with Crippen LogP contribution >= 0.6 is 0 Å². The van der Waals surface area contributed by atoms with E-state index in [9.17, 15) is 14.4 Å². The second kappa shape index (κ2) is 10.6. The van der Waals surface area contributed by atoms with Crippen LogP contribution < -0.4 is 10.1 Å². The van der Waals surface area contributed by atoms with Gasteiger partial charge in [-0.2, -0.15) is 0 Å². The molecule has 0 aliphatic carbocycles. The van der Waals surface area contributed by atoms with E-state index in [1.54, 1.807) is 18.2 Å². The summed E-state index contributed by atoms with van der Waals surface area (Å²) >= 11 is 0. The van der Waals surface area contributed by atoms with E-state index in [-0.39, 0.29) is 17.5 Å². The van der Waals surface area contributed by atoms with Crippen LogP contribution in [0.2, 0.25) is 0 Å². The molecule has 39 heavy (non-hydrogen) atoms. The summed E-state index contributed by atoms with van der Waals surface area (Å²) in [5, 5.41) is 3.16. The molecule has 0 atom stereocenters. The number of furan rings is 1. The Morgan fingerprint density at radius 2 is 1.74 bits per heavy atom. The number of imide groups is 2. The Morgan fingerprint density at radius 3 is 2.46 bits per heavy atom. The van der Waals surface area contributed by atoms with Crippen molar-refractivity contribution in [1.29, 1.82) is 0 Å². The fourth-order valence-corrected chi connectivity index (χ4v) is 4.60. The molecule has 4 amide bonds. The van der Waals surface area contributed by atoms with Crippen LogP contribution in [0.15, 0.2) is 83.1 Å². The number of urea groups is 1. The number of carbonyl (C=O) groups excluding carboxylic acids is 3. The van der Waals surface area contributed by atoms with E-state index >= 15 is 0 Å². The fourth-order valence-electron chi connectivity index (χ4n) is 4.60. The highest BCUT2D eigenvalue weighted by molar-refractivity contribution is 6.31. The number of aromatic nitrogens is 1. The molecule has 1 fully saturated rings. The molecule has 200 valence electrons. The summed E-state index contributed by atoms with van der Waals surface area (Å²) < 4.78 is 13.3. The number of fused-ring (bicyclic) bond motifs is 1. The summed E-state index contributed by atoms with van der Waals surface area (Å²) in [6.45, 7) is 7.71. The van der Waals surface area contributed by atoms with E-state index in [4.69, 9.17) is 9.15 Å². The lowest BCUT2D eigenvalue weighted by Crippen LogP contribution is -2.53. The Hall–Kier alpha value is -4.59. The van der Waals surface area contributed by atoms with Crippen molar-refractivity contribution in [2.45, 2.75) is 45.7 Å². The predicted molar refractivity (Wildman–Crippen MR) is 148 cm³/mol. The van der Waals surface area contributed by atoms with Crippen LogP contribution in [0.25, 0.3) is 17.0 Å². The molecule has 5 rings (SSSR count). The van der Waals surface area contributed by atoms with Crippen molar-refractivity contribution < 1.29 is 23.5 Å². The quantitative estimate of drug-likeness (QED) is 0.182. The van der Waals surface area contributed by atoms with Gasteiger partial charge in [-0.05, 0) is 53.8 Å². The Morgan fingerprint density at radius 1 is 0.974 bits per heavy atom. The third-order valence-corrected chi connectivity index (χ3v) is 6.73. The lowest BCUT2D eigenvalue weighted by atomic mass is 9.87. The second-order valence-corrected chi connectivity index (χ2v) is 10.6. The highest BCUT2D eigenvalue weighted by Crippen LogP contribution is 2.27. The molecular formula is C31H31N3O5. The first-order chi connectivity index (χ1) is 18.7. The predicted octanol–water partition coefficient (Wildman–Crippen LogP) is 5.66. The zero-order chi connectivity index (χ0) is 27.6. The van der Waals surface area contributed by atoms with Gasteiger partial charge in [0.1, 0.15) is 17.1 Å². The van der Waals surface area contributed by atoms with Gasteiger partial charge in [-0.1, -0.05) is 51.1 Å². The number of barbiturate groups is 1. The molecule has 1 aliphatic heterocycles. The first kappa shape index (κ1) is 26.0. The van der Waals surface area contributed by atoms with Crippen molar-refractivity contribution >= 4 is 34.8 Å². The third-order valence-electron chi connectivity index (χ3n) is 6.73. The van der Waals surface area contributed by atoms with Gasteiger partial charge in [-0.15, -0.1) is 0 Å². The number of ether oxygens (including phenoxy) is 1. The summed E-state index contributed by atoms with van der Waals surface area (Å²) in [5.41, 5.74) is 2.94. The Kier molecular flexibility index (Phi) is 7.11. The molecule has 0 spiro atoms. The van der Waals surface area contributed by atoms with E-state index < -0.39 is 17.8 Å². The number of nitrogens with one attached hydrogen (secondary N) is 1. The molecule has 0 saturated carbocycles. The number of amides is 4. The molecular weight excluding hydrogens is 494 g/mol. The monoisotopic (exact) mass is 525 g/mol. The standard InChI is InChI=1S/C31H31N3O5/c1-31(2,3)22-11-13-23(14-12-22)38-17-7-15-33-19-21(25-9-4-5-10-27(25)33)18-26-28(35)32-30(37)34(29(26)36)20-24-8-6-16-39-24/h4-6,8-14,16,18-19H,7,15,17,20H2,1-3H3,(H,32,35,37). The van der Waals surface area contributed by atoms with Gasteiger partial charge in [0, 0.05) is 29.2 Å². The number of benzene rings is 2. The molecule has 1 saturated heterocycles. The van der Waals surface area contributed by atoms with Gasteiger partial charge in [0.2, 0.25) is 0 Å². The lowest BCUT2D eigenvalue weighted by Gasteiger charge is -2.25. The van der Waals surface area contributed by atoms with Crippen LogP contribution in [0.3, 0.4) is 0 Å². The van der Waals surface area contributed by atoms with E-state index in [0.29, 0.717) is 18.9 Å². The van der Waals surface area contributed by atoms with E-state index in [2.05, 4.69) is 42.8 Å². The lowest BCUT2D eigenvalue weighted by molar-refractivity contribution is -0.130. The summed E-state index contributed by atoms with van der Waals surface area (Å²) in [6.07, 6.45) is 5.70. The number of aryl methyl sites for hydroxylation is 1. The van der Waals surface area contributed by atoms with Crippen molar-refractivity contribution in [2.75, 3.05) is 6.61 Å². The molecule has 2 aromatic carbocycles. The average molecular weight is 526 g/mol. The molecule has 1 N–H and O–H groups in total. The van der Waals surface area contributed by atoms with Crippen LogP contribution in [-0.2, 0) is 28.1 Å². The Balaban J connectivity index is 1.31. The zero-order valence-corrected chi connectivity index (χ0v) is 22.3. The van der Waals surface area contributed by atoms with Crippen LogP contribution in [0.5, 0.6) is 5.75 Å².